The van der Waals surface area contributed by atoms with E-state index < -0.39 is 0 Å². The maximum Gasteiger partial charge on any atom is 0.215 e. The van der Waals surface area contributed by atoms with Crippen LogP contribution >= 0.6 is 11.5 Å². The van der Waals surface area contributed by atoms with Crippen molar-refractivity contribution in [2.75, 3.05) is 0 Å². The van der Waals surface area contributed by atoms with Gasteiger partial charge in [0.15, 0.2) is 15.6 Å². The number of nitrogens with zero attached hydrogens (tertiary/aromatic N) is 4. The molecule has 0 aliphatic heterocycles. The van der Waals surface area contributed by atoms with Gasteiger partial charge < -0.3 is 5.11 Å². The Hall–Kier alpha value is -2.26. The first kappa shape index (κ1) is 9.00. The summed E-state index contributed by atoms with van der Waals surface area (Å²) in [6.45, 7) is 0. The Morgan fingerprint density at radius 2 is 2.25 bits per heavy atom. The molecule has 0 saturated carbocycles. The van der Waals surface area contributed by atoms with E-state index in [0.29, 0.717) is 10.4 Å². The number of nitriles is 1. The molecule has 5 nitrogen and oxygen atoms in total. The lowest BCUT2D eigenvalue weighted by atomic mass is 10.2. The molecular weight excluding hydrogens is 224 g/mol. The van der Waals surface area contributed by atoms with Gasteiger partial charge in [0.2, 0.25) is 5.52 Å². The maximum atomic E-state index is 9.43. The molecule has 0 radical (unpaired) electrons. The van der Waals surface area contributed by atoms with Gasteiger partial charge in [0.1, 0.15) is 11.8 Å². The van der Waals surface area contributed by atoms with Crippen molar-refractivity contribution < 1.29 is 9.01 Å². The molecular formula is C10H5N4OS+. The van der Waals surface area contributed by atoms with Crippen LogP contribution in [0.3, 0.4) is 0 Å². The minimum Gasteiger partial charge on any atom is -0.508 e. The van der Waals surface area contributed by atoms with Crippen LogP contribution in [-0.2, 0) is 0 Å². The van der Waals surface area contributed by atoms with Gasteiger partial charge >= 0.3 is 0 Å². The van der Waals surface area contributed by atoms with Crippen LogP contribution in [0.4, 0.5) is 0 Å². The van der Waals surface area contributed by atoms with Crippen LogP contribution < -0.4 is 3.90 Å². The highest BCUT2D eigenvalue weighted by molar-refractivity contribution is 7.02. The summed E-state index contributed by atoms with van der Waals surface area (Å²) in [5.41, 5.74) is 1.47. The second-order valence-electron chi connectivity index (χ2n) is 3.26. The van der Waals surface area contributed by atoms with E-state index in [2.05, 4.69) is 16.4 Å². The van der Waals surface area contributed by atoms with E-state index in [0.717, 1.165) is 10.9 Å². The first-order valence-corrected chi connectivity index (χ1v) is 5.27. The number of rotatable bonds is 0. The first-order chi connectivity index (χ1) is 7.78. The molecule has 0 aliphatic carbocycles. The minimum atomic E-state index is 0.173. The highest BCUT2D eigenvalue weighted by Crippen LogP contribution is 2.21. The quantitative estimate of drug-likeness (QED) is 0.584. The number of benzene rings is 1. The monoisotopic (exact) mass is 229 g/mol. The lowest BCUT2D eigenvalue weighted by Crippen LogP contribution is -2.21. The molecule has 6 heteroatoms. The van der Waals surface area contributed by atoms with Gasteiger partial charge in [0.25, 0.3) is 0 Å². The molecule has 2 aromatic heterocycles. The van der Waals surface area contributed by atoms with E-state index in [4.69, 9.17) is 5.26 Å². The molecule has 0 bridgehead atoms. The van der Waals surface area contributed by atoms with Crippen molar-refractivity contribution in [1.29, 1.82) is 5.26 Å². The van der Waals surface area contributed by atoms with Crippen molar-refractivity contribution in [3.63, 3.8) is 0 Å². The van der Waals surface area contributed by atoms with E-state index in [1.807, 2.05) is 0 Å². The molecule has 76 valence electrons. The van der Waals surface area contributed by atoms with Crippen molar-refractivity contribution in [2.24, 2.45) is 0 Å². The summed E-state index contributed by atoms with van der Waals surface area (Å²) in [6, 6.07) is 8.68. The fourth-order valence-electron chi connectivity index (χ4n) is 1.55. The van der Waals surface area contributed by atoms with Crippen LogP contribution in [0.5, 0.6) is 5.75 Å². The molecule has 0 spiro atoms. The molecule has 1 N–H and O–H groups in total. The van der Waals surface area contributed by atoms with Crippen LogP contribution in [0.15, 0.2) is 24.3 Å². The molecule has 0 atom stereocenters. The highest BCUT2D eigenvalue weighted by atomic mass is 32.1. The predicted octanol–water partition coefficient (Wildman–Crippen LogP) is 1.01. The Bertz CT molecular complexity index is 743. The summed E-state index contributed by atoms with van der Waals surface area (Å²) in [6.07, 6.45) is 0. The van der Waals surface area contributed by atoms with Crippen LogP contribution in [0.25, 0.3) is 16.4 Å². The van der Waals surface area contributed by atoms with Gasteiger partial charge in [-0.3, -0.25) is 0 Å². The highest BCUT2D eigenvalue weighted by Gasteiger charge is 2.15. The number of hydrogen-bond acceptors (Lipinski definition) is 5. The van der Waals surface area contributed by atoms with Crippen LogP contribution in [0.1, 0.15) is 4.88 Å². The van der Waals surface area contributed by atoms with E-state index in [-0.39, 0.29) is 5.75 Å². The maximum absolute atomic E-state index is 9.43. The van der Waals surface area contributed by atoms with Crippen molar-refractivity contribution in [1.82, 2.24) is 10.3 Å². The molecule has 0 fully saturated rings. The van der Waals surface area contributed by atoms with Crippen molar-refractivity contribution in [3.05, 3.63) is 29.1 Å². The second-order valence-corrected chi connectivity index (χ2v) is 4.23. The Balaban J connectivity index is 2.52. The lowest BCUT2D eigenvalue weighted by molar-refractivity contribution is -0.513. The lowest BCUT2D eigenvalue weighted by Gasteiger charge is -1.91. The van der Waals surface area contributed by atoms with Gasteiger partial charge in [-0.05, 0) is 22.1 Å². The Morgan fingerprint density at radius 3 is 3.06 bits per heavy atom. The van der Waals surface area contributed by atoms with Crippen LogP contribution in [-0.4, -0.2) is 15.4 Å². The zero-order valence-corrected chi connectivity index (χ0v) is 8.77. The zero-order valence-electron chi connectivity index (χ0n) is 7.95. The van der Waals surface area contributed by atoms with Gasteiger partial charge in [-0.1, -0.05) is 0 Å². The molecule has 0 saturated heterocycles. The number of phenolic OH excluding ortho intramolecular Hbond substituents is 1. The first-order valence-electron chi connectivity index (χ1n) is 4.50. The van der Waals surface area contributed by atoms with Crippen molar-refractivity contribution >= 4 is 28.0 Å². The second kappa shape index (κ2) is 3.12. The predicted molar refractivity (Wildman–Crippen MR) is 57.0 cm³/mol. The molecule has 2 heterocycles. The number of hydrogen-bond donors (Lipinski definition) is 1. The van der Waals surface area contributed by atoms with Crippen molar-refractivity contribution in [2.45, 2.75) is 0 Å². The molecule has 3 rings (SSSR count). The SMILES string of the molecule is N#Cc1cc2c3cc(O)ccc3nn[n+]2s1. The average Bonchev–Trinajstić information content (AvgIpc) is 2.72. The van der Waals surface area contributed by atoms with Gasteiger partial charge in [-0.25, -0.2) is 0 Å². The van der Waals surface area contributed by atoms with E-state index in [1.165, 1.54) is 11.5 Å². The molecule has 0 amide bonds. The summed E-state index contributed by atoms with van der Waals surface area (Å²) < 4.78 is 1.57. The topological polar surface area (TPSA) is 73.9 Å². The van der Waals surface area contributed by atoms with Gasteiger partial charge in [-0.15, -0.1) is 0 Å². The number of aromatic hydroxyl groups is 1. The third kappa shape index (κ3) is 1.19. The Labute approximate surface area is 94.0 Å². The number of aromatic nitrogens is 3. The Kier molecular flexibility index (Phi) is 1.75. The molecule has 0 unspecified atom stereocenters. The molecule has 1 aromatic carbocycles. The third-order valence-electron chi connectivity index (χ3n) is 2.26. The number of fused-ring (bicyclic) bond motifs is 3. The third-order valence-corrected chi connectivity index (χ3v) is 3.11. The number of phenols is 1. The zero-order chi connectivity index (χ0) is 11.1. The average molecular weight is 229 g/mol. The smallest absolute Gasteiger partial charge is 0.215 e. The van der Waals surface area contributed by atoms with E-state index in [1.54, 1.807) is 28.2 Å². The molecule has 3 aromatic rings. The van der Waals surface area contributed by atoms with Gasteiger partial charge in [0, 0.05) is 6.07 Å². The van der Waals surface area contributed by atoms with E-state index >= 15 is 0 Å². The Morgan fingerprint density at radius 1 is 1.38 bits per heavy atom. The summed E-state index contributed by atoms with van der Waals surface area (Å²) in [4.78, 5) is 0.560. The van der Waals surface area contributed by atoms with Gasteiger partial charge in [-0.2, -0.15) is 5.26 Å². The largest absolute Gasteiger partial charge is 0.508 e. The minimum absolute atomic E-state index is 0.173. The van der Waals surface area contributed by atoms with Crippen molar-refractivity contribution in [3.8, 4) is 11.8 Å². The van der Waals surface area contributed by atoms with Gasteiger partial charge in [0.05, 0.1) is 22.0 Å². The normalized spacial score (nSPS) is 10.7. The summed E-state index contributed by atoms with van der Waals surface area (Å²) in [5, 5.41) is 27.0. The molecule has 16 heavy (non-hydrogen) atoms. The van der Waals surface area contributed by atoms with E-state index in [9.17, 15) is 5.11 Å². The fourth-order valence-corrected chi connectivity index (χ4v) is 2.27. The fraction of sp³-hybridized carbons (Fsp3) is 0. The molecule has 0 aliphatic rings. The van der Waals surface area contributed by atoms with Crippen LogP contribution in [0.2, 0.25) is 0 Å². The summed E-state index contributed by atoms with van der Waals surface area (Å²) in [5.74, 6) is 0.173. The summed E-state index contributed by atoms with van der Waals surface area (Å²) in [7, 11) is 0. The van der Waals surface area contributed by atoms with Crippen LogP contribution in [0, 0.1) is 11.3 Å². The summed E-state index contributed by atoms with van der Waals surface area (Å²) >= 11 is 1.22. The standard InChI is InChI=1S/C10H4N4OS/c11-5-7-4-10-8-3-6(15)1-2-9(8)12-13-14(10)16-7/h1-4H/p+1.